The molecule has 0 spiro atoms. The first-order valence-corrected chi connectivity index (χ1v) is 8.72. The number of carbonyl (C=O) groups is 1. The van der Waals surface area contributed by atoms with E-state index in [9.17, 15) is 9.18 Å². The Morgan fingerprint density at radius 2 is 2.25 bits per heavy atom. The molecular weight excluding hydrogens is 309 g/mol. The van der Waals surface area contributed by atoms with Gasteiger partial charge in [0.25, 0.3) is 0 Å². The quantitative estimate of drug-likeness (QED) is 0.919. The van der Waals surface area contributed by atoms with E-state index in [0.29, 0.717) is 18.2 Å². The third-order valence-corrected chi connectivity index (χ3v) is 4.84. The summed E-state index contributed by atoms with van der Waals surface area (Å²) < 4.78 is 19.3. The molecule has 2 heterocycles. The van der Waals surface area contributed by atoms with Crippen LogP contribution in [0.2, 0.25) is 0 Å². The number of hydrogen-bond donors (Lipinski definition) is 1. The molecule has 2 amide bonds. The summed E-state index contributed by atoms with van der Waals surface area (Å²) in [7, 11) is 1.82. The number of halogens is 1. The number of carbonyl (C=O) groups excluding carboxylic acids is 1. The van der Waals surface area contributed by atoms with Gasteiger partial charge < -0.3 is 19.9 Å². The van der Waals surface area contributed by atoms with Crippen LogP contribution in [-0.2, 0) is 4.74 Å². The minimum absolute atomic E-state index is 0.0492. The molecule has 1 aromatic carbocycles. The summed E-state index contributed by atoms with van der Waals surface area (Å²) in [6.07, 6.45) is 2.89. The van der Waals surface area contributed by atoms with Crippen LogP contribution in [0.4, 0.5) is 14.9 Å². The fraction of sp³-hybridized carbons (Fsp3) is 0.611. The molecule has 132 valence electrons. The summed E-state index contributed by atoms with van der Waals surface area (Å²) >= 11 is 0. The molecule has 2 atom stereocenters. The number of para-hydroxylation sites is 1. The molecule has 0 aliphatic carbocycles. The molecule has 6 heteroatoms. The summed E-state index contributed by atoms with van der Waals surface area (Å²) in [5, 5.41) is 3.09. The minimum atomic E-state index is -0.206. The maximum Gasteiger partial charge on any atom is 0.317 e. The number of piperidine rings is 1. The zero-order valence-corrected chi connectivity index (χ0v) is 14.2. The van der Waals surface area contributed by atoms with Gasteiger partial charge in [0.2, 0.25) is 0 Å². The largest absolute Gasteiger partial charge is 0.381 e. The van der Waals surface area contributed by atoms with E-state index >= 15 is 0 Å². The average molecular weight is 335 g/mol. The highest BCUT2D eigenvalue weighted by molar-refractivity contribution is 5.74. The van der Waals surface area contributed by atoms with Crippen LogP contribution in [-0.4, -0.2) is 56.9 Å². The minimum Gasteiger partial charge on any atom is -0.381 e. The maximum absolute atomic E-state index is 14.0. The lowest BCUT2D eigenvalue weighted by atomic mass is 10.0. The van der Waals surface area contributed by atoms with E-state index < -0.39 is 0 Å². The number of anilines is 1. The van der Waals surface area contributed by atoms with Crippen molar-refractivity contribution in [1.29, 1.82) is 0 Å². The van der Waals surface area contributed by atoms with Crippen LogP contribution in [0.3, 0.4) is 0 Å². The standard InChI is InChI=1S/C18H26FN3O2/c1-21(11-14-8-10-24-13-14)18(23)20-15-5-4-9-22(12-15)17-7-3-2-6-16(17)19/h2-3,6-7,14-15H,4-5,8-13H2,1H3,(H,20,23)/t14-,15-/m1/s1. The Morgan fingerprint density at radius 1 is 1.42 bits per heavy atom. The third kappa shape index (κ3) is 4.17. The molecule has 2 saturated heterocycles. The highest BCUT2D eigenvalue weighted by Crippen LogP contribution is 2.23. The van der Waals surface area contributed by atoms with Crippen LogP contribution in [0.25, 0.3) is 0 Å². The van der Waals surface area contributed by atoms with E-state index in [0.717, 1.165) is 45.6 Å². The van der Waals surface area contributed by atoms with Gasteiger partial charge in [0, 0.05) is 45.2 Å². The van der Waals surface area contributed by atoms with Crippen molar-refractivity contribution >= 4 is 11.7 Å². The molecule has 1 N–H and O–H groups in total. The number of amides is 2. The summed E-state index contributed by atoms with van der Waals surface area (Å²) in [5.74, 6) is 0.227. The lowest BCUT2D eigenvalue weighted by molar-refractivity contribution is 0.170. The topological polar surface area (TPSA) is 44.8 Å². The van der Waals surface area contributed by atoms with E-state index in [1.165, 1.54) is 6.07 Å². The lowest BCUT2D eigenvalue weighted by Gasteiger charge is -2.35. The molecular formula is C18H26FN3O2. The van der Waals surface area contributed by atoms with Crippen molar-refractivity contribution in [3.8, 4) is 0 Å². The van der Waals surface area contributed by atoms with Crippen molar-refractivity contribution < 1.29 is 13.9 Å². The molecule has 2 fully saturated rings. The Balaban J connectivity index is 1.53. The molecule has 0 saturated carbocycles. The Hall–Kier alpha value is -1.82. The normalized spacial score (nSPS) is 24.0. The number of nitrogens with one attached hydrogen (secondary N) is 1. The van der Waals surface area contributed by atoms with Crippen LogP contribution in [0, 0.1) is 11.7 Å². The van der Waals surface area contributed by atoms with Crippen molar-refractivity contribution in [3.05, 3.63) is 30.1 Å². The van der Waals surface area contributed by atoms with Gasteiger partial charge in [-0.2, -0.15) is 0 Å². The summed E-state index contributed by atoms with van der Waals surface area (Å²) in [5.41, 5.74) is 0.618. The summed E-state index contributed by atoms with van der Waals surface area (Å²) in [4.78, 5) is 16.2. The van der Waals surface area contributed by atoms with Gasteiger partial charge in [0.05, 0.1) is 12.3 Å². The van der Waals surface area contributed by atoms with Gasteiger partial charge in [-0.15, -0.1) is 0 Å². The van der Waals surface area contributed by atoms with E-state index in [4.69, 9.17) is 4.74 Å². The zero-order valence-electron chi connectivity index (χ0n) is 14.2. The maximum atomic E-state index is 14.0. The molecule has 0 aromatic heterocycles. The molecule has 24 heavy (non-hydrogen) atoms. The van der Waals surface area contributed by atoms with Gasteiger partial charge in [-0.1, -0.05) is 12.1 Å². The number of nitrogens with zero attached hydrogens (tertiary/aromatic N) is 2. The fourth-order valence-corrected chi connectivity index (χ4v) is 3.50. The molecule has 5 nitrogen and oxygen atoms in total. The van der Waals surface area contributed by atoms with Gasteiger partial charge in [0.15, 0.2) is 0 Å². The lowest BCUT2D eigenvalue weighted by Crippen LogP contribution is -2.51. The van der Waals surface area contributed by atoms with Crippen molar-refractivity contribution in [3.63, 3.8) is 0 Å². The zero-order chi connectivity index (χ0) is 16.9. The van der Waals surface area contributed by atoms with Gasteiger partial charge >= 0.3 is 6.03 Å². The van der Waals surface area contributed by atoms with Crippen molar-refractivity contribution in [2.45, 2.75) is 25.3 Å². The number of benzene rings is 1. The molecule has 3 rings (SSSR count). The van der Waals surface area contributed by atoms with Crippen molar-refractivity contribution in [1.82, 2.24) is 10.2 Å². The van der Waals surface area contributed by atoms with Crippen molar-refractivity contribution in [2.75, 3.05) is 44.8 Å². The second-order valence-corrected chi connectivity index (χ2v) is 6.80. The first kappa shape index (κ1) is 17.0. The van der Waals surface area contributed by atoms with Crippen LogP contribution < -0.4 is 10.2 Å². The highest BCUT2D eigenvalue weighted by atomic mass is 19.1. The monoisotopic (exact) mass is 335 g/mol. The van der Waals surface area contributed by atoms with Gasteiger partial charge in [-0.05, 0) is 31.4 Å². The van der Waals surface area contributed by atoms with E-state index in [2.05, 4.69) is 5.32 Å². The third-order valence-electron chi connectivity index (χ3n) is 4.84. The molecule has 2 aliphatic heterocycles. The molecule has 0 radical (unpaired) electrons. The van der Waals surface area contributed by atoms with E-state index in [1.807, 2.05) is 18.0 Å². The van der Waals surface area contributed by atoms with Gasteiger partial charge in [-0.25, -0.2) is 9.18 Å². The Labute approximate surface area is 142 Å². The summed E-state index contributed by atoms with van der Waals surface area (Å²) in [6.45, 7) is 3.72. The van der Waals surface area contributed by atoms with Gasteiger partial charge in [0.1, 0.15) is 5.82 Å². The first-order valence-electron chi connectivity index (χ1n) is 8.72. The molecule has 0 unspecified atom stereocenters. The molecule has 0 bridgehead atoms. The van der Waals surface area contributed by atoms with Crippen molar-refractivity contribution in [2.24, 2.45) is 5.92 Å². The van der Waals surface area contributed by atoms with E-state index in [-0.39, 0.29) is 17.9 Å². The number of urea groups is 1. The fourth-order valence-electron chi connectivity index (χ4n) is 3.50. The predicted molar refractivity (Wildman–Crippen MR) is 91.7 cm³/mol. The highest BCUT2D eigenvalue weighted by Gasteiger charge is 2.25. The molecule has 2 aliphatic rings. The second kappa shape index (κ2) is 7.83. The Kier molecular flexibility index (Phi) is 5.56. The average Bonchev–Trinajstić information content (AvgIpc) is 3.08. The number of rotatable bonds is 4. The van der Waals surface area contributed by atoms with Crippen LogP contribution in [0.1, 0.15) is 19.3 Å². The smallest absolute Gasteiger partial charge is 0.317 e. The van der Waals surface area contributed by atoms with Crippen LogP contribution in [0.5, 0.6) is 0 Å². The Bertz CT molecular complexity index is 563. The Morgan fingerprint density at radius 3 is 3.00 bits per heavy atom. The van der Waals surface area contributed by atoms with E-state index in [1.54, 1.807) is 17.0 Å². The second-order valence-electron chi connectivity index (χ2n) is 6.80. The SMILES string of the molecule is CN(C[C@H]1CCOC1)C(=O)N[C@@H]1CCCN(c2ccccc2F)C1. The molecule has 1 aromatic rings. The predicted octanol–water partition coefficient (Wildman–Crippen LogP) is 2.47. The van der Waals surface area contributed by atoms with Crippen LogP contribution >= 0.6 is 0 Å². The summed E-state index contributed by atoms with van der Waals surface area (Å²) in [6, 6.07) is 6.82. The number of ether oxygens (including phenoxy) is 1. The number of hydrogen-bond acceptors (Lipinski definition) is 3. The first-order chi connectivity index (χ1) is 11.6. The van der Waals surface area contributed by atoms with Gasteiger partial charge in [-0.3, -0.25) is 0 Å². The van der Waals surface area contributed by atoms with Crippen LogP contribution in [0.15, 0.2) is 24.3 Å².